The van der Waals surface area contributed by atoms with E-state index in [1.54, 1.807) is 30.7 Å². The summed E-state index contributed by atoms with van der Waals surface area (Å²) < 4.78 is 1.44. The maximum absolute atomic E-state index is 12.9. The van der Waals surface area contributed by atoms with Crippen molar-refractivity contribution in [2.45, 2.75) is 24.9 Å². The fraction of sp³-hybridized carbons (Fsp3) is 0.333. The molecule has 0 atom stereocenters. The molecule has 3 heterocycles. The lowest BCUT2D eigenvalue weighted by Crippen LogP contribution is -2.28. The lowest BCUT2D eigenvalue weighted by atomic mass is 10.1. The Labute approximate surface area is 154 Å². The number of nitrogen functional groups attached to an aromatic ring is 1. The van der Waals surface area contributed by atoms with Gasteiger partial charge < -0.3 is 25.8 Å². The van der Waals surface area contributed by atoms with Crippen LogP contribution in [0.4, 0.5) is 11.8 Å². The molecule has 0 unspecified atom stereocenters. The Morgan fingerprint density at radius 3 is 2.63 bits per heavy atom. The van der Waals surface area contributed by atoms with E-state index in [0.717, 1.165) is 12.8 Å². The zero-order valence-corrected chi connectivity index (χ0v) is 14.6. The van der Waals surface area contributed by atoms with Crippen molar-refractivity contribution in [2.24, 2.45) is 0 Å². The van der Waals surface area contributed by atoms with E-state index in [0.29, 0.717) is 27.8 Å². The van der Waals surface area contributed by atoms with Crippen LogP contribution in [-0.2, 0) is 6.54 Å². The molecule has 140 valence electrons. The van der Waals surface area contributed by atoms with E-state index in [1.165, 1.54) is 4.57 Å². The molecule has 9 heteroatoms. The smallest absolute Gasteiger partial charge is 0.262 e. The molecule has 0 saturated heterocycles. The van der Waals surface area contributed by atoms with Gasteiger partial charge in [0.05, 0.1) is 29.8 Å². The summed E-state index contributed by atoms with van der Waals surface area (Å²) in [7, 11) is 0. The molecule has 0 amide bonds. The molecule has 0 aromatic carbocycles. The number of nitrogens with zero attached hydrogens (tertiary/aromatic N) is 4. The normalized spacial score (nSPS) is 15.0. The molecule has 3 aromatic heterocycles. The Hall–Kier alpha value is -3.04. The van der Waals surface area contributed by atoms with Gasteiger partial charge in [-0.15, -0.1) is 0 Å². The van der Waals surface area contributed by atoms with Crippen LogP contribution in [0.1, 0.15) is 12.8 Å². The second-order valence-corrected chi connectivity index (χ2v) is 6.75. The number of aliphatic hydroxyl groups is 2. The van der Waals surface area contributed by atoms with E-state index >= 15 is 0 Å². The first kappa shape index (κ1) is 17.4. The van der Waals surface area contributed by atoms with Crippen LogP contribution in [-0.4, -0.2) is 48.5 Å². The highest BCUT2D eigenvalue weighted by Crippen LogP contribution is 2.39. The maximum Gasteiger partial charge on any atom is 0.262 e. The SMILES string of the molecule is Nc1ncc(-c2cc3ccn(CCO)c(=O)c3c(NC3(CO)CC3)n2)cn1. The second kappa shape index (κ2) is 6.60. The van der Waals surface area contributed by atoms with Crippen LogP contribution in [0.5, 0.6) is 0 Å². The number of aliphatic hydroxyl groups excluding tert-OH is 2. The number of rotatable bonds is 6. The third kappa shape index (κ3) is 3.22. The van der Waals surface area contributed by atoms with Gasteiger partial charge >= 0.3 is 0 Å². The number of fused-ring (bicyclic) bond motifs is 1. The molecular formula is C18H20N6O3. The Morgan fingerprint density at radius 1 is 1.26 bits per heavy atom. The van der Waals surface area contributed by atoms with E-state index in [4.69, 9.17) is 5.73 Å². The zero-order valence-electron chi connectivity index (χ0n) is 14.6. The van der Waals surface area contributed by atoms with Crippen LogP contribution < -0.4 is 16.6 Å². The van der Waals surface area contributed by atoms with E-state index in [2.05, 4.69) is 20.3 Å². The summed E-state index contributed by atoms with van der Waals surface area (Å²) in [4.78, 5) is 25.5. The van der Waals surface area contributed by atoms with Gasteiger partial charge in [-0.1, -0.05) is 0 Å². The fourth-order valence-electron chi connectivity index (χ4n) is 3.02. The fourth-order valence-corrected chi connectivity index (χ4v) is 3.02. The Morgan fingerprint density at radius 2 is 2.00 bits per heavy atom. The van der Waals surface area contributed by atoms with Gasteiger partial charge in [0.1, 0.15) is 5.82 Å². The van der Waals surface area contributed by atoms with Gasteiger partial charge in [-0.25, -0.2) is 15.0 Å². The van der Waals surface area contributed by atoms with E-state index in [1.807, 2.05) is 0 Å². The highest BCUT2D eigenvalue weighted by atomic mass is 16.3. The van der Waals surface area contributed by atoms with Gasteiger partial charge in [-0.05, 0) is 30.4 Å². The molecule has 0 aliphatic heterocycles. The second-order valence-electron chi connectivity index (χ2n) is 6.75. The quantitative estimate of drug-likeness (QED) is 0.489. The Kier molecular flexibility index (Phi) is 4.25. The van der Waals surface area contributed by atoms with Gasteiger partial charge in [0.15, 0.2) is 0 Å². The average Bonchev–Trinajstić information content (AvgIpc) is 3.44. The average molecular weight is 368 g/mol. The van der Waals surface area contributed by atoms with Gasteiger partial charge in [-0.2, -0.15) is 0 Å². The van der Waals surface area contributed by atoms with Crippen molar-refractivity contribution in [1.29, 1.82) is 0 Å². The number of nitrogens with one attached hydrogen (secondary N) is 1. The first-order chi connectivity index (χ1) is 13.0. The largest absolute Gasteiger partial charge is 0.395 e. The topological polar surface area (TPSA) is 139 Å². The number of hydrogen-bond donors (Lipinski definition) is 4. The summed E-state index contributed by atoms with van der Waals surface area (Å²) in [6.45, 7) is 0.0268. The number of hydrogen-bond acceptors (Lipinski definition) is 8. The predicted octanol–water partition coefficient (Wildman–Crippen LogP) is 0.365. The van der Waals surface area contributed by atoms with E-state index < -0.39 is 5.54 Å². The summed E-state index contributed by atoms with van der Waals surface area (Å²) in [5.41, 5.74) is 6.13. The van der Waals surface area contributed by atoms with Gasteiger partial charge in [-0.3, -0.25) is 4.79 Å². The van der Waals surface area contributed by atoms with Crippen molar-refractivity contribution in [3.63, 3.8) is 0 Å². The minimum absolute atomic E-state index is 0.0386. The third-order valence-electron chi connectivity index (χ3n) is 4.81. The standard InChI is InChI=1S/C18H20N6O3/c19-17-20-8-12(9-21-17)13-7-11-1-4-24(5-6-25)16(27)14(11)15(22-13)23-18(10-26)2-3-18/h1,4,7-9,25-26H,2-3,5-6,10H2,(H,22,23)(H2,19,20,21). The maximum atomic E-state index is 12.9. The van der Waals surface area contributed by atoms with Crippen molar-refractivity contribution < 1.29 is 10.2 Å². The van der Waals surface area contributed by atoms with Crippen LogP contribution in [0.25, 0.3) is 22.0 Å². The number of pyridine rings is 2. The monoisotopic (exact) mass is 368 g/mol. The van der Waals surface area contributed by atoms with Gasteiger partial charge in [0.25, 0.3) is 5.56 Å². The minimum atomic E-state index is -0.444. The Balaban J connectivity index is 1.91. The molecule has 1 aliphatic carbocycles. The Bertz CT molecular complexity index is 1040. The molecule has 9 nitrogen and oxygen atoms in total. The van der Waals surface area contributed by atoms with Crippen LogP contribution in [0.15, 0.2) is 35.5 Å². The van der Waals surface area contributed by atoms with Crippen molar-refractivity contribution in [3.8, 4) is 11.3 Å². The van der Waals surface area contributed by atoms with Crippen LogP contribution in [0, 0.1) is 0 Å². The molecule has 5 N–H and O–H groups in total. The molecule has 4 rings (SSSR count). The predicted molar refractivity (Wildman–Crippen MR) is 101 cm³/mol. The number of nitrogens with two attached hydrogens (primary N) is 1. The summed E-state index contributed by atoms with van der Waals surface area (Å²) in [5.74, 6) is 0.574. The molecular weight excluding hydrogens is 348 g/mol. The van der Waals surface area contributed by atoms with Crippen molar-refractivity contribution in [1.82, 2.24) is 19.5 Å². The van der Waals surface area contributed by atoms with Crippen molar-refractivity contribution in [2.75, 3.05) is 24.3 Å². The lowest BCUT2D eigenvalue weighted by molar-refractivity contribution is 0.266. The minimum Gasteiger partial charge on any atom is -0.395 e. The van der Waals surface area contributed by atoms with Crippen LogP contribution in [0.2, 0.25) is 0 Å². The van der Waals surface area contributed by atoms with Crippen LogP contribution >= 0.6 is 0 Å². The molecule has 3 aromatic rings. The highest BCUT2D eigenvalue weighted by molar-refractivity contribution is 5.94. The van der Waals surface area contributed by atoms with E-state index in [-0.39, 0.29) is 31.3 Å². The molecule has 1 saturated carbocycles. The molecule has 0 radical (unpaired) electrons. The highest BCUT2D eigenvalue weighted by Gasteiger charge is 2.42. The molecule has 1 aliphatic rings. The third-order valence-corrected chi connectivity index (χ3v) is 4.81. The van der Waals surface area contributed by atoms with Crippen molar-refractivity contribution in [3.05, 3.63) is 41.1 Å². The number of anilines is 2. The zero-order chi connectivity index (χ0) is 19.0. The van der Waals surface area contributed by atoms with E-state index in [9.17, 15) is 15.0 Å². The van der Waals surface area contributed by atoms with Gasteiger partial charge in [0.2, 0.25) is 5.95 Å². The summed E-state index contributed by atoms with van der Waals surface area (Å²) in [6.07, 6.45) is 6.41. The number of aromatic nitrogens is 4. The molecule has 1 fully saturated rings. The lowest BCUT2D eigenvalue weighted by Gasteiger charge is -2.18. The molecule has 0 spiro atoms. The van der Waals surface area contributed by atoms with Crippen molar-refractivity contribution >= 4 is 22.5 Å². The van der Waals surface area contributed by atoms with Gasteiger partial charge in [0, 0.05) is 30.7 Å². The summed E-state index contributed by atoms with van der Waals surface area (Å²) >= 11 is 0. The first-order valence-corrected chi connectivity index (χ1v) is 8.67. The summed E-state index contributed by atoms with van der Waals surface area (Å²) in [6, 6.07) is 3.60. The van der Waals surface area contributed by atoms with Crippen LogP contribution in [0.3, 0.4) is 0 Å². The first-order valence-electron chi connectivity index (χ1n) is 8.67. The molecule has 0 bridgehead atoms. The molecule has 27 heavy (non-hydrogen) atoms. The summed E-state index contributed by atoms with van der Waals surface area (Å²) in [5, 5.41) is 23.2.